The van der Waals surface area contributed by atoms with Crippen molar-refractivity contribution in [2.45, 2.75) is 12.3 Å². The molecule has 1 aromatic heterocycles. The van der Waals surface area contributed by atoms with Crippen molar-refractivity contribution in [2.24, 2.45) is 0 Å². The first kappa shape index (κ1) is 15.4. The van der Waals surface area contributed by atoms with E-state index >= 15 is 0 Å². The number of rotatable bonds is 3. The average Bonchev–Trinajstić information content (AvgIpc) is 3.05. The zero-order valence-corrected chi connectivity index (χ0v) is 13.6. The molecule has 4 rings (SSSR count). The second-order valence-corrected chi connectivity index (χ2v) is 5.85. The molecule has 0 radical (unpaired) electrons. The Bertz CT molecular complexity index is 951. The summed E-state index contributed by atoms with van der Waals surface area (Å²) in [5.41, 5.74) is 1.93. The lowest BCUT2D eigenvalue weighted by molar-refractivity contribution is -0.116. The number of anilines is 1. The number of nitrogens with one attached hydrogen (secondary N) is 1. The summed E-state index contributed by atoms with van der Waals surface area (Å²) in [6, 6.07) is 14.0. The zero-order chi connectivity index (χ0) is 17.4. The van der Waals surface area contributed by atoms with Crippen LogP contribution < -0.4 is 10.1 Å². The second kappa shape index (κ2) is 6.05. The van der Waals surface area contributed by atoms with Gasteiger partial charge in [0, 0.05) is 17.9 Å². The van der Waals surface area contributed by atoms with Gasteiger partial charge in [-0.25, -0.2) is 9.37 Å². The SMILES string of the molecule is COc1ccccc1C1CC(=O)Nc2c1ncn2-c1ccccc1F. The molecule has 5 nitrogen and oxygen atoms in total. The Balaban J connectivity index is 1.86. The number of hydrogen-bond acceptors (Lipinski definition) is 3. The van der Waals surface area contributed by atoms with Crippen LogP contribution in [0.25, 0.3) is 5.69 Å². The molecule has 0 bridgehead atoms. The van der Waals surface area contributed by atoms with E-state index in [2.05, 4.69) is 10.3 Å². The van der Waals surface area contributed by atoms with Crippen molar-refractivity contribution in [3.63, 3.8) is 0 Å². The van der Waals surface area contributed by atoms with Crippen LogP contribution in [0.4, 0.5) is 10.2 Å². The van der Waals surface area contributed by atoms with Crippen molar-refractivity contribution in [3.8, 4) is 11.4 Å². The Morgan fingerprint density at radius 2 is 1.96 bits per heavy atom. The Hall–Kier alpha value is -3.15. The molecule has 6 heteroatoms. The van der Waals surface area contributed by atoms with Gasteiger partial charge in [-0.2, -0.15) is 0 Å². The summed E-state index contributed by atoms with van der Waals surface area (Å²) in [6.07, 6.45) is 1.80. The highest BCUT2D eigenvalue weighted by atomic mass is 19.1. The van der Waals surface area contributed by atoms with E-state index in [1.807, 2.05) is 24.3 Å². The number of carbonyl (C=O) groups is 1. The number of ether oxygens (including phenoxy) is 1. The first-order chi connectivity index (χ1) is 12.2. The van der Waals surface area contributed by atoms with E-state index in [0.717, 1.165) is 5.56 Å². The van der Waals surface area contributed by atoms with E-state index in [1.165, 1.54) is 12.4 Å². The fourth-order valence-electron chi connectivity index (χ4n) is 3.25. The maximum atomic E-state index is 14.2. The van der Waals surface area contributed by atoms with E-state index in [4.69, 9.17) is 4.74 Å². The fraction of sp³-hybridized carbons (Fsp3) is 0.158. The third-order valence-corrected chi connectivity index (χ3v) is 4.40. The normalized spacial score (nSPS) is 16.2. The summed E-state index contributed by atoms with van der Waals surface area (Å²) in [5.74, 6) is 0.441. The molecule has 1 aliphatic rings. The summed E-state index contributed by atoms with van der Waals surface area (Å²) < 4.78 is 21.2. The predicted molar refractivity (Wildman–Crippen MR) is 91.6 cm³/mol. The number of hydrogen-bond donors (Lipinski definition) is 1. The zero-order valence-electron chi connectivity index (χ0n) is 13.6. The summed E-state index contributed by atoms with van der Waals surface area (Å²) in [6.45, 7) is 0. The molecule has 0 spiro atoms. The molecule has 25 heavy (non-hydrogen) atoms. The summed E-state index contributed by atoms with van der Waals surface area (Å²) in [5, 5.41) is 2.83. The van der Waals surface area contributed by atoms with Crippen molar-refractivity contribution in [1.29, 1.82) is 0 Å². The van der Waals surface area contributed by atoms with Crippen LogP contribution in [0.2, 0.25) is 0 Å². The van der Waals surface area contributed by atoms with Crippen LogP contribution in [0.1, 0.15) is 23.6 Å². The molecule has 3 aromatic rings. The van der Waals surface area contributed by atoms with Gasteiger partial charge in [-0.3, -0.25) is 9.36 Å². The maximum absolute atomic E-state index is 14.2. The van der Waals surface area contributed by atoms with Crippen LogP contribution in [-0.4, -0.2) is 22.6 Å². The number of methoxy groups -OCH3 is 1. The Kier molecular flexibility index (Phi) is 3.72. The number of carbonyl (C=O) groups excluding carboxylic acids is 1. The lowest BCUT2D eigenvalue weighted by atomic mass is 9.89. The van der Waals surface area contributed by atoms with Crippen molar-refractivity contribution in [3.05, 3.63) is 71.9 Å². The first-order valence-electron chi connectivity index (χ1n) is 7.94. The van der Waals surface area contributed by atoms with Crippen LogP contribution in [0.3, 0.4) is 0 Å². The smallest absolute Gasteiger partial charge is 0.226 e. The van der Waals surface area contributed by atoms with Crippen LogP contribution in [0.5, 0.6) is 5.75 Å². The largest absolute Gasteiger partial charge is 0.496 e. The third-order valence-electron chi connectivity index (χ3n) is 4.40. The minimum atomic E-state index is -0.378. The van der Waals surface area contributed by atoms with Crippen molar-refractivity contribution >= 4 is 11.7 Å². The number of para-hydroxylation sites is 2. The van der Waals surface area contributed by atoms with Gasteiger partial charge in [-0.15, -0.1) is 0 Å². The molecule has 2 heterocycles. The molecule has 0 saturated heterocycles. The number of amides is 1. The second-order valence-electron chi connectivity index (χ2n) is 5.85. The first-order valence-corrected chi connectivity index (χ1v) is 7.94. The number of aromatic nitrogens is 2. The molecule has 0 aliphatic carbocycles. The van der Waals surface area contributed by atoms with Gasteiger partial charge in [-0.1, -0.05) is 30.3 Å². The molecular formula is C19H16FN3O2. The lowest BCUT2D eigenvalue weighted by Gasteiger charge is -2.24. The minimum absolute atomic E-state index is 0.138. The monoisotopic (exact) mass is 337 g/mol. The lowest BCUT2D eigenvalue weighted by Crippen LogP contribution is -2.25. The number of benzene rings is 2. The molecule has 2 aromatic carbocycles. The summed E-state index contributed by atoms with van der Waals surface area (Å²) in [4.78, 5) is 16.8. The number of imidazole rings is 1. The topological polar surface area (TPSA) is 56.1 Å². The van der Waals surface area contributed by atoms with E-state index < -0.39 is 0 Å². The Morgan fingerprint density at radius 3 is 2.76 bits per heavy atom. The molecule has 1 amide bonds. The van der Waals surface area contributed by atoms with Gasteiger partial charge >= 0.3 is 0 Å². The van der Waals surface area contributed by atoms with Crippen LogP contribution in [0.15, 0.2) is 54.9 Å². The van der Waals surface area contributed by atoms with E-state index in [1.54, 1.807) is 29.9 Å². The van der Waals surface area contributed by atoms with Gasteiger partial charge in [0.15, 0.2) is 0 Å². The number of halogens is 1. The molecule has 1 unspecified atom stereocenters. The highest BCUT2D eigenvalue weighted by molar-refractivity contribution is 5.94. The fourth-order valence-corrected chi connectivity index (χ4v) is 3.25. The average molecular weight is 337 g/mol. The van der Waals surface area contributed by atoms with Gasteiger partial charge in [0.2, 0.25) is 5.91 Å². The molecule has 1 aliphatic heterocycles. The van der Waals surface area contributed by atoms with Gasteiger partial charge in [-0.05, 0) is 18.2 Å². The van der Waals surface area contributed by atoms with Gasteiger partial charge in [0.05, 0.1) is 18.5 Å². The predicted octanol–water partition coefficient (Wildman–Crippen LogP) is 3.49. The number of nitrogens with zero attached hydrogens (tertiary/aromatic N) is 2. The standard InChI is InChI=1S/C19H16FN3O2/c1-25-16-9-5-2-6-12(16)13-10-17(24)22-19-18(13)21-11-23(19)15-8-4-3-7-14(15)20/h2-9,11,13H,10H2,1H3,(H,22,24). The summed E-state index contributed by atoms with van der Waals surface area (Å²) in [7, 11) is 1.60. The maximum Gasteiger partial charge on any atom is 0.226 e. The Morgan fingerprint density at radius 1 is 1.20 bits per heavy atom. The molecule has 0 saturated carbocycles. The molecule has 126 valence electrons. The van der Waals surface area contributed by atoms with Crippen LogP contribution in [0, 0.1) is 5.82 Å². The Labute approximate surface area is 144 Å². The quantitative estimate of drug-likeness (QED) is 0.796. The van der Waals surface area contributed by atoms with Crippen molar-refractivity contribution in [1.82, 2.24) is 9.55 Å². The van der Waals surface area contributed by atoms with E-state index in [0.29, 0.717) is 22.9 Å². The van der Waals surface area contributed by atoms with Gasteiger partial charge in [0.1, 0.15) is 23.7 Å². The van der Waals surface area contributed by atoms with Crippen molar-refractivity contribution in [2.75, 3.05) is 12.4 Å². The summed E-state index contributed by atoms with van der Waals surface area (Å²) >= 11 is 0. The van der Waals surface area contributed by atoms with Crippen LogP contribution in [-0.2, 0) is 4.79 Å². The molecule has 0 fully saturated rings. The molecule has 1 atom stereocenters. The third kappa shape index (κ3) is 2.55. The highest BCUT2D eigenvalue weighted by Crippen LogP contribution is 2.40. The van der Waals surface area contributed by atoms with Crippen LogP contribution >= 0.6 is 0 Å². The highest BCUT2D eigenvalue weighted by Gasteiger charge is 2.32. The molecular weight excluding hydrogens is 321 g/mol. The molecule has 1 N–H and O–H groups in total. The van der Waals surface area contributed by atoms with Gasteiger partial charge in [0.25, 0.3) is 0 Å². The number of fused-ring (bicyclic) bond motifs is 1. The van der Waals surface area contributed by atoms with E-state index in [9.17, 15) is 9.18 Å². The minimum Gasteiger partial charge on any atom is -0.496 e. The van der Waals surface area contributed by atoms with Gasteiger partial charge < -0.3 is 10.1 Å². The van der Waals surface area contributed by atoms with Crippen molar-refractivity contribution < 1.29 is 13.9 Å². The van der Waals surface area contributed by atoms with E-state index in [-0.39, 0.29) is 24.1 Å².